The Morgan fingerprint density at radius 2 is 2.44 bits per heavy atom. The first-order valence-corrected chi connectivity index (χ1v) is 6.00. The van der Waals surface area contributed by atoms with Crippen LogP contribution in [0.2, 0.25) is 0 Å². The molecule has 0 saturated carbocycles. The van der Waals surface area contributed by atoms with Crippen LogP contribution < -0.4 is 4.90 Å². The van der Waals surface area contributed by atoms with E-state index in [2.05, 4.69) is 14.6 Å². The minimum atomic E-state index is -0.324. The van der Waals surface area contributed by atoms with E-state index < -0.39 is 0 Å². The highest BCUT2D eigenvalue weighted by Crippen LogP contribution is 2.23. The van der Waals surface area contributed by atoms with Crippen molar-refractivity contribution in [3.05, 3.63) is 11.1 Å². The molecule has 0 aromatic carbocycles. The Balaban J connectivity index is 2.08. The van der Waals surface area contributed by atoms with Crippen LogP contribution in [0.15, 0.2) is 6.20 Å². The zero-order valence-corrected chi connectivity index (χ0v) is 9.96. The third-order valence-corrected chi connectivity index (χ3v) is 3.41. The normalized spacial score (nSPS) is 16.9. The quantitative estimate of drug-likeness (QED) is 0.728. The molecule has 0 unspecified atom stereocenters. The van der Waals surface area contributed by atoms with Gasteiger partial charge < -0.3 is 14.4 Å². The fourth-order valence-electron chi connectivity index (χ4n) is 1.54. The summed E-state index contributed by atoms with van der Waals surface area (Å²) in [7, 11) is 1.38. The van der Waals surface area contributed by atoms with Gasteiger partial charge in [-0.1, -0.05) is 11.3 Å². The molecule has 0 radical (unpaired) electrons. The monoisotopic (exact) mass is 242 g/mol. The number of anilines is 1. The highest BCUT2D eigenvalue weighted by Gasteiger charge is 2.16. The number of carbonyl (C=O) groups excluding carboxylic acids is 1. The summed E-state index contributed by atoms with van der Waals surface area (Å²) in [5.74, 6) is -0.324. The van der Waals surface area contributed by atoms with Crippen LogP contribution in [-0.4, -0.2) is 44.4 Å². The van der Waals surface area contributed by atoms with Gasteiger partial charge in [-0.3, -0.25) is 0 Å². The highest BCUT2D eigenvalue weighted by atomic mass is 32.1. The molecule has 1 saturated heterocycles. The standard InChI is InChI=1S/C10H14N2O3S/c1-14-9(13)8-7-11-10(16-8)12-3-2-5-15-6-4-12/h7H,2-6H2,1H3. The summed E-state index contributed by atoms with van der Waals surface area (Å²) in [6.45, 7) is 3.27. The second-order valence-electron chi connectivity index (χ2n) is 3.45. The van der Waals surface area contributed by atoms with E-state index in [9.17, 15) is 4.79 Å². The molecular formula is C10H14N2O3S. The molecule has 0 bridgehead atoms. The third kappa shape index (κ3) is 2.51. The number of carbonyl (C=O) groups is 1. The molecular weight excluding hydrogens is 228 g/mol. The first-order valence-electron chi connectivity index (χ1n) is 5.18. The largest absolute Gasteiger partial charge is 0.465 e. The zero-order valence-electron chi connectivity index (χ0n) is 9.14. The molecule has 1 aromatic heterocycles. The predicted molar refractivity (Wildman–Crippen MR) is 61.1 cm³/mol. The van der Waals surface area contributed by atoms with Crippen molar-refractivity contribution in [1.29, 1.82) is 0 Å². The lowest BCUT2D eigenvalue weighted by atomic mass is 10.4. The lowest BCUT2D eigenvalue weighted by Crippen LogP contribution is -2.25. The molecule has 1 aliphatic heterocycles. The summed E-state index contributed by atoms with van der Waals surface area (Å²) in [5.41, 5.74) is 0. The molecule has 16 heavy (non-hydrogen) atoms. The molecule has 0 spiro atoms. The molecule has 88 valence electrons. The second-order valence-corrected chi connectivity index (χ2v) is 4.46. The summed E-state index contributed by atoms with van der Waals surface area (Å²) < 4.78 is 10.0. The predicted octanol–water partition coefficient (Wildman–Crippen LogP) is 1.16. The minimum absolute atomic E-state index is 0.324. The SMILES string of the molecule is COC(=O)c1cnc(N2CCCOCC2)s1. The van der Waals surface area contributed by atoms with Gasteiger partial charge in [0, 0.05) is 19.7 Å². The van der Waals surface area contributed by atoms with Gasteiger partial charge in [0.15, 0.2) is 5.13 Å². The van der Waals surface area contributed by atoms with E-state index in [1.54, 1.807) is 6.20 Å². The van der Waals surface area contributed by atoms with E-state index in [0.29, 0.717) is 11.5 Å². The van der Waals surface area contributed by atoms with E-state index in [0.717, 1.165) is 31.2 Å². The molecule has 5 nitrogen and oxygen atoms in total. The summed E-state index contributed by atoms with van der Waals surface area (Å²) in [5, 5.41) is 0.867. The molecule has 2 heterocycles. The van der Waals surface area contributed by atoms with Crippen molar-refractivity contribution in [2.45, 2.75) is 6.42 Å². The van der Waals surface area contributed by atoms with Crippen molar-refractivity contribution < 1.29 is 14.3 Å². The number of nitrogens with zero attached hydrogens (tertiary/aromatic N) is 2. The van der Waals surface area contributed by atoms with E-state index >= 15 is 0 Å². The van der Waals surface area contributed by atoms with Gasteiger partial charge in [0.2, 0.25) is 0 Å². The van der Waals surface area contributed by atoms with Gasteiger partial charge >= 0.3 is 5.97 Å². The topological polar surface area (TPSA) is 51.7 Å². The van der Waals surface area contributed by atoms with Crippen molar-refractivity contribution in [2.75, 3.05) is 38.3 Å². The number of esters is 1. The Hall–Kier alpha value is -1.14. The third-order valence-electron chi connectivity index (χ3n) is 2.37. The second kappa shape index (κ2) is 5.27. The van der Waals surface area contributed by atoms with Gasteiger partial charge in [0.1, 0.15) is 4.88 Å². The average Bonchev–Trinajstić information content (AvgIpc) is 2.64. The van der Waals surface area contributed by atoms with Crippen LogP contribution in [0, 0.1) is 0 Å². The van der Waals surface area contributed by atoms with Crippen molar-refractivity contribution >= 4 is 22.4 Å². The van der Waals surface area contributed by atoms with Gasteiger partial charge in [0.05, 0.1) is 19.9 Å². The Morgan fingerprint density at radius 3 is 3.25 bits per heavy atom. The zero-order chi connectivity index (χ0) is 11.4. The molecule has 6 heteroatoms. The lowest BCUT2D eigenvalue weighted by Gasteiger charge is -2.17. The fourth-order valence-corrected chi connectivity index (χ4v) is 2.43. The number of ether oxygens (including phenoxy) is 2. The first-order chi connectivity index (χ1) is 7.81. The molecule has 1 aromatic rings. The molecule has 0 N–H and O–H groups in total. The van der Waals surface area contributed by atoms with Crippen LogP contribution in [0.1, 0.15) is 16.1 Å². The first kappa shape index (κ1) is 11.3. The smallest absolute Gasteiger partial charge is 0.349 e. The summed E-state index contributed by atoms with van der Waals surface area (Å²) in [4.78, 5) is 18.2. The van der Waals surface area contributed by atoms with E-state index in [-0.39, 0.29) is 5.97 Å². The van der Waals surface area contributed by atoms with Crippen LogP contribution >= 0.6 is 11.3 Å². The van der Waals surface area contributed by atoms with E-state index in [1.165, 1.54) is 18.4 Å². The van der Waals surface area contributed by atoms with Gasteiger partial charge in [-0.05, 0) is 6.42 Å². The van der Waals surface area contributed by atoms with Crippen LogP contribution in [0.25, 0.3) is 0 Å². The number of thiazole rings is 1. The molecule has 1 aliphatic rings. The molecule has 1 fully saturated rings. The van der Waals surface area contributed by atoms with Crippen LogP contribution in [-0.2, 0) is 9.47 Å². The maximum atomic E-state index is 11.3. The van der Waals surface area contributed by atoms with Crippen LogP contribution in [0.5, 0.6) is 0 Å². The van der Waals surface area contributed by atoms with Gasteiger partial charge in [0.25, 0.3) is 0 Å². The maximum Gasteiger partial charge on any atom is 0.349 e. The highest BCUT2D eigenvalue weighted by molar-refractivity contribution is 7.17. The molecule has 0 amide bonds. The average molecular weight is 242 g/mol. The minimum Gasteiger partial charge on any atom is -0.465 e. The van der Waals surface area contributed by atoms with Gasteiger partial charge in [-0.25, -0.2) is 9.78 Å². The Kier molecular flexibility index (Phi) is 3.74. The summed E-state index contributed by atoms with van der Waals surface area (Å²) >= 11 is 1.37. The van der Waals surface area contributed by atoms with Crippen molar-refractivity contribution in [2.24, 2.45) is 0 Å². The van der Waals surface area contributed by atoms with E-state index in [4.69, 9.17) is 4.74 Å². The summed E-state index contributed by atoms with van der Waals surface area (Å²) in [6, 6.07) is 0. The fraction of sp³-hybridized carbons (Fsp3) is 0.600. The summed E-state index contributed by atoms with van der Waals surface area (Å²) in [6.07, 6.45) is 2.56. The van der Waals surface area contributed by atoms with Crippen molar-refractivity contribution in [1.82, 2.24) is 4.98 Å². The Bertz CT molecular complexity index is 359. The molecule has 2 rings (SSSR count). The number of methoxy groups -OCH3 is 1. The Labute approximate surface area is 98.0 Å². The van der Waals surface area contributed by atoms with Crippen LogP contribution in [0.3, 0.4) is 0 Å². The van der Waals surface area contributed by atoms with Crippen LogP contribution in [0.4, 0.5) is 5.13 Å². The maximum absolute atomic E-state index is 11.3. The Morgan fingerprint density at radius 1 is 1.56 bits per heavy atom. The van der Waals surface area contributed by atoms with Crippen molar-refractivity contribution in [3.8, 4) is 0 Å². The number of hydrogen-bond donors (Lipinski definition) is 0. The van der Waals surface area contributed by atoms with Gasteiger partial charge in [-0.2, -0.15) is 0 Å². The van der Waals surface area contributed by atoms with E-state index in [1.807, 2.05) is 0 Å². The van der Waals surface area contributed by atoms with Crippen molar-refractivity contribution in [3.63, 3.8) is 0 Å². The molecule has 0 atom stereocenters. The van der Waals surface area contributed by atoms with Gasteiger partial charge in [-0.15, -0.1) is 0 Å². The number of rotatable bonds is 2. The molecule has 0 aliphatic carbocycles. The number of hydrogen-bond acceptors (Lipinski definition) is 6. The number of aromatic nitrogens is 1. The lowest BCUT2D eigenvalue weighted by molar-refractivity contribution is 0.0606.